The van der Waals surface area contributed by atoms with Gasteiger partial charge in [-0.25, -0.2) is 0 Å². The minimum absolute atomic E-state index is 0.398. The first-order chi connectivity index (χ1) is 8.58. The van der Waals surface area contributed by atoms with Gasteiger partial charge < -0.3 is 10.4 Å². The fourth-order valence-corrected chi connectivity index (χ4v) is 2.14. The lowest BCUT2D eigenvalue weighted by molar-refractivity contribution is -0.159. The molecule has 2 rings (SSSR count). The number of amides is 1. The van der Waals surface area contributed by atoms with Gasteiger partial charge in [0, 0.05) is 5.69 Å². The van der Waals surface area contributed by atoms with Crippen molar-refractivity contribution in [1.29, 1.82) is 0 Å². The van der Waals surface area contributed by atoms with Gasteiger partial charge in [-0.05, 0) is 37.0 Å². The van der Waals surface area contributed by atoms with Crippen molar-refractivity contribution in [2.24, 2.45) is 5.41 Å². The number of benzene rings is 1. The molecule has 4 nitrogen and oxygen atoms in total. The highest BCUT2D eigenvalue weighted by Crippen LogP contribution is 2.42. The fourth-order valence-electron chi connectivity index (χ4n) is 2.14. The second-order valence-corrected chi connectivity index (χ2v) is 4.75. The van der Waals surface area contributed by atoms with Gasteiger partial charge in [-0.1, -0.05) is 25.5 Å². The second kappa shape index (κ2) is 4.80. The Morgan fingerprint density at radius 1 is 1.28 bits per heavy atom. The molecule has 1 fully saturated rings. The number of carbonyl (C=O) groups excluding carboxylic acids is 1. The lowest BCUT2D eigenvalue weighted by Gasteiger charge is -2.35. The van der Waals surface area contributed by atoms with Crippen molar-refractivity contribution in [3.63, 3.8) is 0 Å². The van der Waals surface area contributed by atoms with Gasteiger partial charge in [-0.15, -0.1) is 0 Å². The molecular formula is C14H17NO3. The van der Waals surface area contributed by atoms with Crippen molar-refractivity contribution in [2.45, 2.75) is 32.6 Å². The third kappa shape index (κ3) is 2.10. The number of hydrogen-bond donors (Lipinski definition) is 2. The van der Waals surface area contributed by atoms with Crippen molar-refractivity contribution in [3.05, 3.63) is 29.8 Å². The molecule has 0 aliphatic heterocycles. The number of hydrogen-bond acceptors (Lipinski definition) is 2. The van der Waals surface area contributed by atoms with Crippen LogP contribution in [0.5, 0.6) is 0 Å². The van der Waals surface area contributed by atoms with Gasteiger partial charge >= 0.3 is 5.97 Å². The van der Waals surface area contributed by atoms with E-state index >= 15 is 0 Å². The SMILES string of the molecule is CCc1ccc(NC(=O)C2(C(=O)O)CCC2)cc1. The summed E-state index contributed by atoms with van der Waals surface area (Å²) in [7, 11) is 0. The fraction of sp³-hybridized carbons (Fsp3) is 0.429. The molecule has 18 heavy (non-hydrogen) atoms. The summed E-state index contributed by atoms with van der Waals surface area (Å²) in [6, 6.07) is 7.49. The maximum atomic E-state index is 12.0. The van der Waals surface area contributed by atoms with Gasteiger partial charge in [0.2, 0.25) is 5.91 Å². The number of anilines is 1. The van der Waals surface area contributed by atoms with Crippen LogP contribution in [0.25, 0.3) is 0 Å². The van der Waals surface area contributed by atoms with E-state index in [9.17, 15) is 9.59 Å². The van der Waals surface area contributed by atoms with Crippen LogP contribution < -0.4 is 5.32 Å². The predicted octanol–water partition coefficient (Wildman–Crippen LogP) is 2.44. The number of aliphatic carboxylic acids is 1. The van der Waals surface area contributed by atoms with Crippen LogP contribution >= 0.6 is 0 Å². The molecule has 0 saturated heterocycles. The number of nitrogens with one attached hydrogen (secondary N) is 1. The number of carboxylic acid groups (broad SMARTS) is 1. The van der Waals surface area contributed by atoms with E-state index in [2.05, 4.69) is 12.2 Å². The van der Waals surface area contributed by atoms with Crippen molar-refractivity contribution in [1.82, 2.24) is 0 Å². The molecule has 0 heterocycles. The van der Waals surface area contributed by atoms with E-state index in [4.69, 9.17) is 5.11 Å². The first kappa shape index (κ1) is 12.6. The Bertz CT molecular complexity index is 460. The predicted molar refractivity (Wildman–Crippen MR) is 68.4 cm³/mol. The van der Waals surface area contributed by atoms with E-state index < -0.39 is 17.3 Å². The van der Waals surface area contributed by atoms with Gasteiger partial charge in [-0.2, -0.15) is 0 Å². The number of carboxylic acids is 1. The summed E-state index contributed by atoms with van der Waals surface area (Å²) in [5.74, 6) is -1.41. The van der Waals surface area contributed by atoms with E-state index in [0.717, 1.165) is 12.8 Å². The van der Waals surface area contributed by atoms with Crippen molar-refractivity contribution >= 4 is 17.6 Å². The Kier molecular flexibility index (Phi) is 3.36. The van der Waals surface area contributed by atoms with Crippen LogP contribution in [0.1, 0.15) is 31.7 Å². The largest absolute Gasteiger partial charge is 0.480 e. The summed E-state index contributed by atoms with van der Waals surface area (Å²) in [6.07, 6.45) is 2.60. The molecule has 1 aliphatic rings. The van der Waals surface area contributed by atoms with Gasteiger partial charge in [0.15, 0.2) is 0 Å². The minimum Gasteiger partial charge on any atom is -0.480 e. The molecule has 1 amide bonds. The molecule has 0 bridgehead atoms. The summed E-state index contributed by atoms with van der Waals surface area (Å²) in [4.78, 5) is 23.2. The van der Waals surface area contributed by atoms with Crippen molar-refractivity contribution in [2.75, 3.05) is 5.32 Å². The van der Waals surface area contributed by atoms with Gasteiger partial charge in [0.25, 0.3) is 0 Å². The van der Waals surface area contributed by atoms with E-state index in [1.165, 1.54) is 5.56 Å². The quantitative estimate of drug-likeness (QED) is 0.803. The van der Waals surface area contributed by atoms with Crippen LogP contribution in [0.4, 0.5) is 5.69 Å². The first-order valence-corrected chi connectivity index (χ1v) is 6.22. The summed E-state index contributed by atoms with van der Waals surface area (Å²) >= 11 is 0. The van der Waals surface area contributed by atoms with Crippen LogP contribution in [-0.4, -0.2) is 17.0 Å². The molecule has 0 unspecified atom stereocenters. The Morgan fingerprint density at radius 2 is 1.89 bits per heavy atom. The second-order valence-electron chi connectivity index (χ2n) is 4.75. The highest BCUT2D eigenvalue weighted by molar-refractivity contribution is 6.09. The maximum Gasteiger partial charge on any atom is 0.319 e. The number of carbonyl (C=O) groups is 2. The lowest BCUT2D eigenvalue weighted by Crippen LogP contribution is -2.48. The van der Waals surface area contributed by atoms with E-state index in [0.29, 0.717) is 18.5 Å². The minimum atomic E-state index is -1.20. The molecule has 2 N–H and O–H groups in total. The molecule has 1 aliphatic carbocycles. The number of rotatable bonds is 4. The zero-order valence-electron chi connectivity index (χ0n) is 10.4. The molecule has 0 radical (unpaired) electrons. The molecular weight excluding hydrogens is 230 g/mol. The van der Waals surface area contributed by atoms with Crippen LogP contribution in [0.3, 0.4) is 0 Å². The summed E-state index contributed by atoms with van der Waals surface area (Å²) in [5, 5.41) is 11.9. The summed E-state index contributed by atoms with van der Waals surface area (Å²) in [6.45, 7) is 2.06. The third-order valence-corrected chi connectivity index (χ3v) is 3.67. The Morgan fingerprint density at radius 3 is 2.28 bits per heavy atom. The van der Waals surface area contributed by atoms with Crippen LogP contribution in [0.15, 0.2) is 24.3 Å². The van der Waals surface area contributed by atoms with Crippen molar-refractivity contribution < 1.29 is 14.7 Å². The zero-order valence-corrected chi connectivity index (χ0v) is 10.4. The summed E-state index contributed by atoms with van der Waals surface area (Å²) < 4.78 is 0. The molecule has 1 saturated carbocycles. The molecule has 0 spiro atoms. The highest BCUT2D eigenvalue weighted by Gasteiger charge is 2.51. The average Bonchev–Trinajstić information content (AvgIpc) is 2.28. The third-order valence-electron chi connectivity index (χ3n) is 3.67. The van der Waals surface area contributed by atoms with Crippen molar-refractivity contribution in [3.8, 4) is 0 Å². The standard InChI is InChI=1S/C14H17NO3/c1-2-10-4-6-11(7-5-10)15-12(16)14(13(17)18)8-3-9-14/h4-7H,2-3,8-9H2,1H3,(H,15,16)(H,17,18). The van der Waals surface area contributed by atoms with E-state index in [-0.39, 0.29) is 0 Å². The van der Waals surface area contributed by atoms with Crippen LogP contribution in [-0.2, 0) is 16.0 Å². The molecule has 1 aromatic rings. The smallest absolute Gasteiger partial charge is 0.319 e. The normalized spacial score (nSPS) is 16.7. The monoisotopic (exact) mass is 247 g/mol. The molecule has 0 aromatic heterocycles. The first-order valence-electron chi connectivity index (χ1n) is 6.22. The van der Waals surface area contributed by atoms with Gasteiger partial charge in [0.1, 0.15) is 5.41 Å². The van der Waals surface area contributed by atoms with Gasteiger partial charge in [0.05, 0.1) is 0 Å². The molecule has 0 atom stereocenters. The van der Waals surface area contributed by atoms with Crippen LogP contribution in [0.2, 0.25) is 0 Å². The molecule has 4 heteroatoms. The lowest BCUT2D eigenvalue weighted by atomic mass is 9.68. The Labute approximate surface area is 106 Å². The number of aryl methyl sites for hydroxylation is 1. The van der Waals surface area contributed by atoms with Crippen LogP contribution in [0, 0.1) is 5.41 Å². The van der Waals surface area contributed by atoms with Gasteiger partial charge in [-0.3, -0.25) is 9.59 Å². The molecule has 1 aromatic carbocycles. The molecule has 96 valence electrons. The van der Waals surface area contributed by atoms with E-state index in [1.807, 2.05) is 24.3 Å². The summed E-state index contributed by atoms with van der Waals surface area (Å²) in [5.41, 5.74) is 0.637. The zero-order chi connectivity index (χ0) is 13.2. The topological polar surface area (TPSA) is 66.4 Å². The highest BCUT2D eigenvalue weighted by atomic mass is 16.4. The Hall–Kier alpha value is -1.84. The Balaban J connectivity index is 2.08. The average molecular weight is 247 g/mol. The van der Waals surface area contributed by atoms with E-state index in [1.54, 1.807) is 0 Å². The maximum absolute atomic E-state index is 12.0.